The molecule has 1 aromatic heterocycles. The number of thiazole rings is 1. The van der Waals surface area contributed by atoms with Gasteiger partial charge in [0, 0.05) is 57.3 Å². The molecule has 0 spiro atoms. The summed E-state index contributed by atoms with van der Waals surface area (Å²) in [7, 11) is 1.81. The van der Waals surface area contributed by atoms with Gasteiger partial charge in [0.1, 0.15) is 0 Å². The fourth-order valence-electron chi connectivity index (χ4n) is 3.09. The van der Waals surface area contributed by atoms with E-state index in [1.807, 2.05) is 13.2 Å². The summed E-state index contributed by atoms with van der Waals surface area (Å²) < 4.78 is 5.45. The molecule has 1 saturated heterocycles. The van der Waals surface area contributed by atoms with Gasteiger partial charge in [0.25, 0.3) is 0 Å². The molecule has 0 aliphatic carbocycles. The maximum absolute atomic E-state index is 5.45. The maximum Gasteiger partial charge on any atom is 0.191 e. The molecule has 2 N–H and O–H groups in total. The number of morpholine rings is 1. The summed E-state index contributed by atoms with van der Waals surface area (Å²) in [5.41, 5.74) is 2.67. The van der Waals surface area contributed by atoms with E-state index in [1.54, 1.807) is 11.3 Å². The number of guanidine groups is 1. The maximum atomic E-state index is 5.45. The highest BCUT2D eigenvalue weighted by Gasteiger charge is 2.12. The van der Waals surface area contributed by atoms with Crippen LogP contribution in [0.5, 0.6) is 0 Å². The van der Waals surface area contributed by atoms with Crippen molar-refractivity contribution in [1.29, 1.82) is 0 Å². The van der Waals surface area contributed by atoms with Gasteiger partial charge in [-0.3, -0.25) is 9.89 Å². The second-order valence-corrected chi connectivity index (χ2v) is 7.94. The van der Waals surface area contributed by atoms with Crippen molar-refractivity contribution in [3.8, 4) is 0 Å². The van der Waals surface area contributed by atoms with Crippen molar-refractivity contribution in [2.75, 3.05) is 39.9 Å². The molecule has 1 aliphatic rings. The minimum atomic E-state index is 0.760. The van der Waals surface area contributed by atoms with Crippen LogP contribution in [0.25, 0.3) is 0 Å². The number of aliphatic imine (C=N–C) groups is 1. The Morgan fingerprint density at radius 1 is 1.22 bits per heavy atom. The average molecular weight is 388 g/mol. The molecule has 7 heteroatoms. The molecule has 27 heavy (non-hydrogen) atoms. The molecule has 6 nitrogen and oxygen atoms in total. The fourth-order valence-corrected chi connectivity index (χ4v) is 3.88. The van der Waals surface area contributed by atoms with Gasteiger partial charge < -0.3 is 15.4 Å². The van der Waals surface area contributed by atoms with Crippen molar-refractivity contribution >= 4 is 17.3 Å². The monoisotopic (exact) mass is 387 g/mol. The van der Waals surface area contributed by atoms with Gasteiger partial charge in [0.2, 0.25) is 0 Å². The van der Waals surface area contributed by atoms with Gasteiger partial charge in [-0.05, 0) is 18.1 Å². The van der Waals surface area contributed by atoms with E-state index in [-0.39, 0.29) is 0 Å². The Balaban J connectivity index is 1.48. The fraction of sp³-hybridized carbons (Fsp3) is 0.500. The number of ether oxygens (including phenoxy) is 1. The molecule has 1 aliphatic heterocycles. The van der Waals surface area contributed by atoms with Crippen LogP contribution in [0.4, 0.5) is 0 Å². The molecule has 0 bridgehead atoms. The summed E-state index contributed by atoms with van der Waals surface area (Å²) in [5, 5.41) is 7.97. The van der Waals surface area contributed by atoms with Gasteiger partial charge in [-0.2, -0.15) is 0 Å². The van der Waals surface area contributed by atoms with Crippen LogP contribution in [-0.2, 0) is 24.2 Å². The number of hydrogen-bond donors (Lipinski definition) is 2. The number of aryl methyl sites for hydroxylation is 1. The summed E-state index contributed by atoms with van der Waals surface area (Å²) in [6.07, 6.45) is 2.84. The molecule has 2 aromatic rings. The Morgan fingerprint density at radius 3 is 2.70 bits per heavy atom. The summed E-state index contributed by atoms with van der Waals surface area (Å²) in [6, 6.07) is 8.62. The van der Waals surface area contributed by atoms with Crippen LogP contribution in [0.1, 0.15) is 21.0 Å². The van der Waals surface area contributed by atoms with E-state index < -0.39 is 0 Å². The number of benzene rings is 1. The van der Waals surface area contributed by atoms with Gasteiger partial charge in [-0.25, -0.2) is 4.98 Å². The first-order valence-electron chi connectivity index (χ1n) is 9.47. The van der Waals surface area contributed by atoms with E-state index in [2.05, 4.69) is 56.7 Å². The zero-order valence-corrected chi connectivity index (χ0v) is 17.0. The van der Waals surface area contributed by atoms with Crippen molar-refractivity contribution in [3.05, 3.63) is 51.5 Å². The topological polar surface area (TPSA) is 61.8 Å². The highest BCUT2D eigenvalue weighted by atomic mass is 32.1. The van der Waals surface area contributed by atoms with Crippen LogP contribution in [0.2, 0.25) is 0 Å². The lowest BCUT2D eigenvalue weighted by Gasteiger charge is -2.27. The summed E-state index contributed by atoms with van der Waals surface area (Å²) in [5.74, 6) is 0.824. The van der Waals surface area contributed by atoms with Crippen LogP contribution in [0.3, 0.4) is 0 Å². The number of aromatic nitrogens is 1. The zero-order valence-electron chi connectivity index (χ0n) is 16.2. The van der Waals surface area contributed by atoms with Crippen molar-refractivity contribution < 1.29 is 4.74 Å². The molecule has 2 heterocycles. The molecule has 1 aromatic carbocycles. The molecule has 0 unspecified atom stereocenters. The average Bonchev–Trinajstić information content (AvgIpc) is 3.11. The molecule has 146 valence electrons. The van der Waals surface area contributed by atoms with E-state index in [9.17, 15) is 0 Å². The molecule has 0 radical (unpaired) electrons. The first-order valence-corrected chi connectivity index (χ1v) is 10.3. The minimum Gasteiger partial charge on any atom is -0.379 e. The lowest BCUT2D eigenvalue weighted by Crippen LogP contribution is -2.38. The Morgan fingerprint density at radius 2 is 2.00 bits per heavy atom. The summed E-state index contributed by atoms with van der Waals surface area (Å²) in [4.78, 5) is 12.4. The van der Waals surface area contributed by atoms with Gasteiger partial charge in [-0.1, -0.05) is 24.3 Å². The largest absolute Gasteiger partial charge is 0.379 e. The smallest absolute Gasteiger partial charge is 0.191 e. The zero-order chi connectivity index (χ0) is 18.9. The van der Waals surface area contributed by atoms with Crippen molar-refractivity contribution in [1.82, 2.24) is 20.5 Å². The predicted molar refractivity (Wildman–Crippen MR) is 111 cm³/mol. The van der Waals surface area contributed by atoms with Crippen molar-refractivity contribution in [3.63, 3.8) is 0 Å². The first kappa shape index (κ1) is 19.8. The van der Waals surface area contributed by atoms with E-state index in [0.29, 0.717) is 0 Å². The number of rotatable bonds is 7. The van der Waals surface area contributed by atoms with Crippen molar-refractivity contribution in [2.24, 2.45) is 4.99 Å². The van der Waals surface area contributed by atoms with Crippen LogP contribution in [-0.4, -0.2) is 55.7 Å². The lowest BCUT2D eigenvalue weighted by molar-refractivity contribution is 0.0341. The lowest BCUT2D eigenvalue weighted by atomic mass is 10.1. The standard InChI is InChI=1S/C20H29N5OS/c1-16-13-23-19(27-16)7-8-22-20(21-2)24-14-17-5-3-4-6-18(17)15-25-9-11-26-12-10-25/h3-6,13H,7-12,14-15H2,1-2H3,(H2,21,22,24). The highest BCUT2D eigenvalue weighted by molar-refractivity contribution is 7.11. The van der Waals surface area contributed by atoms with Crippen LogP contribution >= 0.6 is 11.3 Å². The van der Waals surface area contributed by atoms with Gasteiger partial charge in [0.05, 0.1) is 18.2 Å². The minimum absolute atomic E-state index is 0.760. The molecular weight excluding hydrogens is 358 g/mol. The Hall–Kier alpha value is -1.96. The Kier molecular flexibility index (Phi) is 7.62. The van der Waals surface area contributed by atoms with Crippen LogP contribution < -0.4 is 10.6 Å². The molecule has 0 amide bonds. The van der Waals surface area contributed by atoms with Crippen molar-refractivity contribution in [2.45, 2.75) is 26.4 Å². The first-order chi connectivity index (χ1) is 13.2. The molecule has 0 atom stereocenters. The Labute approximate surface area is 165 Å². The number of nitrogens with zero attached hydrogens (tertiary/aromatic N) is 3. The predicted octanol–water partition coefficient (Wildman–Crippen LogP) is 2.19. The second kappa shape index (κ2) is 10.4. The van der Waals surface area contributed by atoms with Crippen LogP contribution in [0.15, 0.2) is 35.5 Å². The third-order valence-electron chi connectivity index (χ3n) is 4.59. The Bertz CT molecular complexity index is 739. The van der Waals surface area contributed by atoms with E-state index in [4.69, 9.17) is 4.74 Å². The SMILES string of the molecule is CN=C(NCCc1ncc(C)s1)NCc1ccccc1CN1CCOCC1. The normalized spacial score (nSPS) is 15.7. The van der Waals surface area contributed by atoms with Gasteiger partial charge in [-0.15, -0.1) is 11.3 Å². The molecule has 0 saturated carbocycles. The molecular formula is C20H29N5OS. The number of hydrogen-bond acceptors (Lipinski definition) is 5. The summed E-state index contributed by atoms with van der Waals surface area (Å²) in [6.45, 7) is 8.30. The van der Waals surface area contributed by atoms with Gasteiger partial charge in [0.15, 0.2) is 5.96 Å². The van der Waals surface area contributed by atoms with E-state index >= 15 is 0 Å². The number of nitrogens with one attached hydrogen (secondary N) is 2. The van der Waals surface area contributed by atoms with E-state index in [1.165, 1.54) is 16.0 Å². The molecule has 1 fully saturated rings. The van der Waals surface area contributed by atoms with E-state index in [0.717, 1.165) is 63.3 Å². The molecule has 3 rings (SSSR count). The van der Waals surface area contributed by atoms with Gasteiger partial charge >= 0.3 is 0 Å². The van der Waals surface area contributed by atoms with Crippen LogP contribution in [0, 0.1) is 6.92 Å². The second-order valence-electron chi connectivity index (χ2n) is 6.62. The third kappa shape index (κ3) is 6.30. The summed E-state index contributed by atoms with van der Waals surface area (Å²) >= 11 is 1.75. The third-order valence-corrected chi connectivity index (χ3v) is 5.56. The quantitative estimate of drug-likeness (QED) is 0.563. The highest BCUT2D eigenvalue weighted by Crippen LogP contribution is 2.13.